The molecule has 1 atom stereocenters. The van der Waals surface area contributed by atoms with Gasteiger partial charge in [-0.2, -0.15) is 0 Å². The van der Waals surface area contributed by atoms with E-state index >= 15 is 0 Å². The summed E-state index contributed by atoms with van der Waals surface area (Å²) in [5.41, 5.74) is 0.961. The average molecular weight is 235 g/mol. The van der Waals surface area contributed by atoms with E-state index in [0.717, 1.165) is 5.56 Å². The lowest BCUT2D eigenvalue weighted by atomic mass is 10.0. The molecule has 1 aromatic rings. The highest BCUT2D eigenvalue weighted by atomic mass is 16.4. The maximum atomic E-state index is 11.7. The van der Waals surface area contributed by atoms with E-state index in [1.165, 1.54) is 0 Å². The molecule has 0 aliphatic rings. The normalized spacial score (nSPS) is 11.8. The Labute approximate surface area is 101 Å². The van der Waals surface area contributed by atoms with Gasteiger partial charge in [-0.25, -0.2) is 0 Å². The van der Waals surface area contributed by atoms with E-state index in [9.17, 15) is 9.59 Å². The number of aliphatic carboxylic acids is 1. The molecule has 0 unspecified atom stereocenters. The molecule has 0 radical (unpaired) electrons. The Balaban J connectivity index is 2.35. The van der Waals surface area contributed by atoms with Crippen LogP contribution in [0.5, 0.6) is 0 Å². The summed E-state index contributed by atoms with van der Waals surface area (Å²) in [7, 11) is 0. The molecule has 4 nitrogen and oxygen atoms in total. The fourth-order valence-electron chi connectivity index (χ4n) is 1.50. The van der Waals surface area contributed by atoms with Crippen molar-refractivity contribution in [3.05, 3.63) is 35.9 Å². The van der Waals surface area contributed by atoms with Crippen LogP contribution in [0, 0.1) is 0 Å². The number of carbonyl (C=O) groups excluding carboxylic acids is 1. The minimum atomic E-state index is -0.838. The Morgan fingerprint density at radius 3 is 2.53 bits per heavy atom. The van der Waals surface area contributed by atoms with Gasteiger partial charge in [-0.15, -0.1) is 0 Å². The lowest BCUT2D eigenvalue weighted by Gasteiger charge is -2.11. The third-order valence-corrected chi connectivity index (χ3v) is 2.56. The third kappa shape index (κ3) is 4.68. The summed E-state index contributed by atoms with van der Waals surface area (Å²) in [6.45, 7) is 2.24. The Morgan fingerprint density at radius 1 is 1.29 bits per heavy atom. The van der Waals surface area contributed by atoms with Crippen molar-refractivity contribution in [1.29, 1.82) is 0 Å². The molecule has 1 amide bonds. The number of carboxylic acids is 1. The molecular weight excluding hydrogens is 218 g/mol. The van der Waals surface area contributed by atoms with Gasteiger partial charge in [-0.05, 0) is 18.9 Å². The number of carboxylic acid groups (broad SMARTS) is 1. The Morgan fingerprint density at radius 2 is 1.94 bits per heavy atom. The van der Waals surface area contributed by atoms with E-state index in [-0.39, 0.29) is 18.2 Å². The summed E-state index contributed by atoms with van der Waals surface area (Å²) in [5, 5.41) is 11.2. The minimum absolute atomic E-state index is 0.0680. The van der Waals surface area contributed by atoms with Gasteiger partial charge >= 0.3 is 5.97 Å². The summed E-state index contributed by atoms with van der Waals surface area (Å²) in [4.78, 5) is 22.0. The van der Waals surface area contributed by atoms with E-state index < -0.39 is 5.97 Å². The van der Waals surface area contributed by atoms with Crippen LogP contribution in [0.3, 0.4) is 0 Å². The summed E-state index contributed by atoms with van der Waals surface area (Å²) in [6.07, 6.45) is 0.544. The first kappa shape index (κ1) is 13.2. The third-order valence-electron chi connectivity index (χ3n) is 2.56. The Hall–Kier alpha value is -1.84. The quantitative estimate of drug-likeness (QED) is 0.738. The van der Waals surface area contributed by atoms with E-state index in [1.807, 2.05) is 37.3 Å². The monoisotopic (exact) mass is 235 g/mol. The maximum Gasteiger partial charge on any atom is 0.303 e. The molecule has 0 saturated carbocycles. The molecule has 0 aromatic heterocycles. The van der Waals surface area contributed by atoms with Crippen LogP contribution < -0.4 is 5.32 Å². The molecule has 1 rings (SSSR count). The topological polar surface area (TPSA) is 66.4 Å². The van der Waals surface area contributed by atoms with Gasteiger partial charge in [0.1, 0.15) is 0 Å². The first-order valence-corrected chi connectivity index (χ1v) is 5.65. The first-order chi connectivity index (χ1) is 8.11. The summed E-state index contributed by atoms with van der Waals surface area (Å²) < 4.78 is 0. The second kappa shape index (κ2) is 6.68. The van der Waals surface area contributed by atoms with Crippen molar-refractivity contribution >= 4 is 11.9 Å². The van der Waals surface area contributed by atoms with Gasteiger partial charge in [0, 0.05) is 13.0 Å². The van der Waals surface area contributed by atoms with Gasteiger partial charge in [0.25, 0.3) is 0 Å². The summed E-state index contributed by atoms with van der Waals surface area (Å²) >= 11 is 0. The van der Waals surface area contributed by atoms with Crippen molar-refractivity contribution in [2.75, 3.05) is 6.54 Å². The van der Waals surface area contributed by atoms with Crippen LogP contribution in [0.25, 0.3) is 0 Å². The van der Waals surface area contributed by atoms with Crippen LogP contribution in [-0.2, 0) is 9.59 Å². The number of amides is 1. The molecule has 4 heteroatoms. The summed E-state index contributed by atoms with van der Waals surface area (Å²) in [6, 6.07) is 9.50. The summed E-state index contributed by atoms with van der Waals surface area (Å²) in [5.74, 6) is -1.11. The zero-order chi connectivity index (χ0) is 12.7. The number of carbonyl (C=O) groups is 2. The Kier molecular flexibility index (Phi) is 5.20. The van der Waals surface area contributed by atoms with Crippen LogP contribution in [0.15, 0.2) is 30.3 Å². The van der Waals surface area contributed by atoms with Gasteiger partial charge in [0.2, 0.25) is 5.91 Å². The van der Waals surface area contributed by atoms with Crippen LogP contribution >= 0.6 is 0 Å². The molecule has 92 valence electrons. The zero-order valence-corrected chi connectivity index (χ0v) is 9.85. The van der Waals surface area contributed by atoms with Crippen molar-refractivity contribution < 1.29 is 14.7 Å². The molecular formula is C13H17NO3. The standard InChI is InChI=1S/C13H17NO3/c1-10(11-6-3-2-4-7-11)13(17)14-9-5-8-12(15)16/h2-4,6-7,10H,5,8-9H2,1H3,(H,14,17)(H,15,16)/t10-/m0/s1. The fourth-order valence-corrected chi connectivity index (χ4v) is 1.50. The predicted octanol–water partition coefficient (Wildman–Crippen LogP) is 1.77. The smallest absolute Gasteiger partial charge is 0.303 e. The Bertz CT molecular complexity index is 376. The highest BCUT2D eigenvalue weighted by Gasteiger charge is 2.13. The van der Waals surface area contributed by atoms with E-state index in [2.05, 4.69) is 5.32 Å². The van der Waals surface area contributed by atoms with Crippen molar-refractivity contribution in [2.24, 2.45) is 0 Å². The minimum Gasteiger partial charge on any atom is -0.481 e. The highest BCUT2D eigenvalue weighted by molar-refractivity contribution is 5.83. The molecule has 2 N–H and O–H groups in total. The number of rotatable bonds is 6. The van der Waals surface area contributed by atoms with E-state index in [4.69, 9.17) is 5.11 Å². The fraction of sp³-hybridized carbons (Fsp3) is 0.385. The number of hydrogen-bond acceptors (Lipinski definition) is 2. The molecule has 0 saturated heterocycles. The van der Waals surface area contributed by atoms with E-state index in [1.54, 1.807) is 0 Å². The first-order valence-electron chi connectivity index (χ1n) is 5.65. The zero-order valence-electron chi connectivity index (χ0n) is 9.85. The highest BCUT2D eigenvalue weighted by Crippen LogP contribution is 2.14. The molecule has 0 bridgehead atoms. The van der Waals surface area contributed by atoms with Crippen molar-refractivity contribution in [2.45, 2.75) is 25.7 Å². The van der Waals surface area contributed by atoms with Crippen LogP contribution in [0.1, 0.15) is 31.2 Å². The number of benzene rings is 1. The largest absolute Gasteiger partial charge is 0.481 e. The van der Waals surface area contributed by atoms with Gasteiger partial charge < -0.3 is 10.4 Å². The van der Waals surface area contributed by atoms with Crippen molar-refractivity contribution in [1.82, 2.24) is 5.32 Å². The van der Waals surface area contributed by atoms with Crippen molar-refractivity contribution in [3.8, 4) is 0 Å². The predicted molar refractivity (Wildman–Crippen MR) is 64.7 cm³/mol. The second-order valence-corrected chi connectivity index (χ2v) is 3.92. The molecule has 0 heterocycles. The molecule has 0 spiro atoms. The van der Waals surface area contributed by atoms with Crippen LogP contribution in [0.4, 0.5) is 0 Å². The van der Waals surface area contributed by atoms with Gasteiger partial charge in [-0.1, -0.05) is 30.3 Å². The van der Waals surface area contributed by atoms with Crippen LogP contribution in [-0.4, -0.2) is 23.5 Å². The maximum absolute atomic E-state index is 11.7. The number of nitrogens with one attached hydrogen (secondary N) is 1. The average Bonchev–Trinajstić information content (AvgIpc) is 2.34. The SMILES string of the molecule is C[C@H](C(=O)NCCCC(=O)O)c1ccccc1. The van der Waals surface area contributed by atoms with Crippen LogP contribution in [0.2, 0.25) is 0 Å². The molecule has 0 fully saturated rings. The molecule has 1 aromatic carbocycles. The molecule has 0 aliphatic carbocycles. The van der Waals surface area contributed by atoms with Gasteiger partial charge in [0.15, 0.2) is 0 Å². The molecule has 0 aliphatic heterocycles. The molecule has 17 heavy (non-hydrogen) atoms. The lowest BCUT2D eigenvalue weighted by molar-refractivity contribution is -0.137. The van der Waals surface area contributed by atoms with E-state index in [0.29, 0.717) is 13.0 Å². The lowest BCUT2D eigenvalue weighted by Crippen LogP contribution is -2.29. The van der Waals surface area contributed by atoms with Gasteiger partial charge in [0.05, 0.1) is 5.92 Å². The van der Waals surface area contributed by atoms with Gasteiger partial charge in [-0.3, -0.25) is 9.59 Å². The second-order valence-electron chi connectivity index (χ2n) is 3.92. The number of hydrogen-bond donors (Lipinski definition) is 2. The van der Waals surface area contributed by atoms with Crippen molar-refractivity contribution in [3.63, 3.8) is 0 Å².